The van der Waals surface area contributed by atoms with Crippen LogP contribution in [0.25, 0.3) is 0 Å². The molecule has 0 saturated heterocycles. The highest BCUT2D eigenvalue weighted by molar-refractivity contribution is 5.91. The summed E-state index contributed by atoms with van der Waals surface area (Å²) in [5, 5.41) is 24.9. The number of carboxylic acid groups (broad SMARTS) is 3. The Hall–Kier alpha value is -2.37. The molecule has 6 nitrogen and oxygen atoms in total. The summed E-state index contributed by atoms with van der Waals surface area (Å²) in [6.45, 7) is 3.28. The molecule has 0 saturated carbocycles. The maximum Gasteiger partial charge on any atom is 0.335 e. The second-order valence-corrected chi connectivity index (χ2v) is 3.68. The number of hydrogen-bond acceptors (Lipinski definition) is 3. The SMILES string of the molecule is CC(C)C(=O)O.O=C(O)c1ccc(C(=O)O)cc1. The van der Waals surface area contributed by atoms with Gasteiger partial charge >= 0.3 is 17.9 Å². The van der Waals surface area contributed by atoms with Crippen LogP contribution in [0.5, 0.6) is 0 Å². The van der Waals surface area contributed by atoms with E-state index in [4.69, 9.17) is 15.3 Å². The molecule has 0 radical (unpaired) electrons. The van der Waals surface area contributed by atoms with Crippen LogP contribution in [0.4, 0.5) is 0 Å². The van der Waals surface area contributed by atoms with Gasteiger partial charge in [0.1, 0.15) is 0 Å². The highest BCUT2D eigenvalue weighted by Gasteiger charge is 2.04. The van der Waals surface area contributed by atoms with Gasteiger partial charge in [-0.05, 0) is 24.3 Å². The molecule has 98 valence electrons. The van der Waals surface area contributed by atoms with E-state index in [9.17, 15) is 14.4 Å². The molecule has 1 aromatic carbocycles. The van der Waals surface area contributed by atoms with Crippen LogP contribution in [-0.2, 0) is 4.79 Å². The maximum absolute atomic E-state index is 10.3. The first-order chi connectivity index (χ1) is 8.25. The average Bonchev–Trinajstić information content (AvgIpc) is 2.29. The van der Waals surface area contributed by atoms with Crippen molar-refractivity contribution in [2.24, 2.45) is 5.92 Å². The Labute approximate surface area is 103 Å². The first kappa shape index (κ1) is 15.6. The van der Waals surface area contributed by atoms with Crippen LogP contribution in [0.15, 0.2) is 24.3 Å². The van der Waals surface area contributed by atoms with Gasteiger partial charge in [-0.1, -0.05) is 13.8 Å². The fourth-order valence-corrected chi connectivity index (χ4v) is 0.755. The summed E-state index contributed by atoms with van der Waals surface area (Å²) in [7, 11) is 0. The Morgan fingerprint density at radius 2 is 1.06 bits per heavy atom. The van der Waals surface area contributed by atoms with Gasteiger partial charge in [-0.15, -0.1) is 0 Å². The molecule has 18 heavy (non-hydrogen) atoms. The van der Waals surface area contributed by atoms with E-state index >= 15 is 0 Å². The molecule has 0 spiro atoms. The zero-order chi connectivity index (χ0) is 14.3. The van der Waals surface area contributed by atoms with Gasteiger partial charge in [-0.3, -0.25) is 4.79 Å². The minimum absolute atomic E-state index is 0.0833. The summed E-state index contributed by atoms with van der Waals surface area (Å²) in [6, 6.07) is 5.02. The number of benzene rings is 1. The van der Waals surface area contributed by atoms with Gasteiger partial charge in [0.05, 0.1) is 17.0 Å². The van der Waals surface area contributed by atoms with E-state index in [1.165, 1.54) is 24.3 Å². The van der Waals surface area contributed by atoms with Crippen molar-refractivity contribution in [1.29, 1.82) is 0 Å². The molecule has 0 aliphatic carbocycles. The van der Waals surface area contributed by atoms with Crippen LogP contribution in [-0.4, -0.2) is 33.2 Å². The van der Waals surface area contributed by atoms with Crippen LogP contribution < -0.4 is 0 Å². The molecule has 0 bridgehead atoms. The monoisotopic (exact) mass is 254 g/mol. The largest absolute Gasteiger partial charge is 0.481 e. The van der Waals surface area contributed by atoms with Crippen molar-refractivity contribution < 1.29 is 29.7 Å². The zero-order valence-electron chi connectivity index (χ0n) is 9.95. The number of hydrogen-bond donors (Lipinski definition) is 3. The summed E-state index contributed by atoms with van der Waals surface area (Å²) >= 11 is 0. The summed E-state index contributed by atoms with van der Waals surface area (Å²) in [4.78, 5) is 30.4. The molecule has 0 unspecified atom stereocenters. The molecular weight excluding hydrogens is 240 g/mol. The third-order valence-electron chi connectivity index (χ3n) is 1.87. The Bertz CT molecular complexity index is 399. The summed E-state index contributed by atoms with van der Waals surface area (Å²) in [5.41, 5.74) is 0.167. The maximum atomic E-state index is 10.3. The molecule has 1 rings (SSSR count). The lowest BCUT2D eigenvalue weighted by molar-refractivity contribution is -0.140. The molecule has 0 aromatic heterocycles. The number of carbonyl (C=O) groups is 3. The van der Waals surface area contributed by atoms with Crippen LogP contribution >= 0.6 is 0 Å². The minimum Gasteiger partial charge on any atom is -0.481 e. The van der Waals surface area contributed by atoms with Gasteiger partial charge in [0.2, 0.25) is 0 Å². The molecule has 0 aliphatic rings. The van der Waals surface area contributed by atoms with Crippen LogP contribution in [0, 0.1) is 5.92 Å². The van der Waals surface area contributed by atoms with Gasteiger partial charge in [0.25, 0.3) is 0 Å². The van der Waals surface area contributed by atoms with Gasteiger partial charge in [0, 0.05) is 0 Å². The quantitative estimate of drug-likeness (QED) is 0.758. The van der Waals surface area contributed by atoms with E-state index in [1.807, 2.05) is 0 Å². The Balaban J connectivity index is 0.000000411. The summed E-state index contributed by atoms with van der Waals surface area (Å²) in [6.07, 6.45) is 0. The molecule has 0 heterocycles. The molecule has 0 amide bonds. The van der Waals surface area contributed by atoms with Crippen molar-refractivity contribution in [3.63, 3.8) is 0 Å². The number of rotatable bonds is 3. The third kappa shape index (κ3) is 5.64. The smallest absolute Gasteiger partial charge is 0.335 e. The van der Waals surface area contributed by atoms with E-state index in [0.717, 1.165) is 0 Å². The minimum atomic E-state index is -1.06. The van der Waals surface area contributed by atoms with Crippen molar-refractivity contribution in [3.8, 4) is 0 Å². The van der Waals surface area contributed by atoms with Crippen LogP contribution in [0.1, 0.15) is 34.6 Å². The standard InChI is InChI=1S/C8H6O4.C4H8O2/c9-7(10)5-1-2-6(4-3-5)8(11)12;1-3(2)4(5)6/h1-4H,(H,9,10)(H,11,12);3H,1-2H3,(H,5,6). The summed E-state index contributed by atoms with van der Waals surface area (Å²) in [5.74, 6) is -3.10. The lowest BCUT2D eigenvalue weighted by atomic mass is 10.1. The number of carboxylic acids is 3. The first-order valence-electron chi connectivity index (χ1n) is 5.05. The van der Waals surface area contributed by atoms with Gasteiger partial charge in [0.15, 0.2) is 0 Å². The van der Waals surface area contributed by atoms with E-state index < -0.39 is 17.9 Å². The Kier molecular flexibility index (Phi) is 6.12. The molecule has 3 N–H and O–H groups in total. The third-order valence-corrected chi connectivity index (χ3v) is 1.87. The van der Waals surface area contributed by atoms with Crippen LogP contribution in [0.3, 0.4) is 0 Å². The highest BCUT2D eigenvalue weighted by atomic mass is 16.4. The van der Waals surface area contributed by atoms with Crippen LogP contribution in [0.2, 0.25) is 0 Å². The van der Waals surface area contributed by atoms with Gasteiger partial charge in [-0.2, -0.15) is 0 Å². The molecule has 0 fully saturated rings. The van der Waals surface area contributed by atoms with Crippen molar-refractivity contribution in [2.45, 2.75) is 13.8 Å². The molecule has 1 aromatic rings. The van der Waals surface area contributed by atoms with Crippen molar-refractivity contribution in [3.05, 3.63) is 35.4 Å². The Morgan fingerprint density at radius 3 is 1.17 bits per heavy atom. The van der Waals surface area contributed by atoms with Gasteiger partial charge < -0.3 is 15.3 Å². The van der Waals surface area contributed by atoms with E-state index in [0.29, 0.717) is 0 Å². The predicted octanol–water partition coefficient (Wildman–Crippen LogP) is 1.81. The molecule has 0 aliphatic heterocycles. The first-order valence-corrected chi connectivity index (χ1v) is 5.05. The van der Waals surface area contributed by atoms with Crippen molar-refractivity contribution >= 4 is 17.9 Å². The second-order valence-electron chi connectivity index (χ2n) is 3.68. The second kappa shape index (κ2) is 7.05. The fraction of sp³-hybridized carbons (Fsp3) is 0.250. The fourth-order valence-electron chi connectivity index (χ4n) is 0.755. The van der Waals surface area contributed by atoms with E-state index in [1.54, 1.807) is 13.8 Å². The van der Waals surface area contributed by atoms with E-state index in [-0.39, 0.29) is 17.0 Å². The average molecular weight is 254 g/mol. The number of aliphatic carboxylic acids is 1. The molecule has 0 atom stereocenters. The topological polar surface area (TPSA) is 112 Å². The Morgan fingerprint density at radius 1 is 0.833 bits per heavy atom. The zero-order valence-corrected chi connectivity index (χ0v) is 9.95. The number of aromatic carboxylic acids is 2. The normalized spacial score (nSPS) is 9.28. The molecular formula is C12H14O6. The molecule has 6 heteroatoms. The lowest BCUT2D eigenvalue weighted by Crippen LogP contribution is -2.03. The predicted molar refractivity (Wildman–Crippen MR) is 62.8 cm³/mol. The van der Waals surface area contributed by atoms with Crippen molar-refractivity contribution in [1.82, 2.24) is 0 Å². The lowest BCUT2D eigenvalue weighted by Gasteiger charge is -1.94. The highest BCUT2D eigenvalue weighted by Crippen LogP contribution is 2.03. The van der Waals surface area contributed by atoms with Gasteiger partial charge in [-0.25, -0.2) is 9.59 Å². The van der Waals surface area contributed by atoms with E-state index in [2.05, 4.69) is 0 Å². The van der Waals surface area contributed by atoms with Crippen molar-refractivity contribution in [2.75, 3.05) is 0 Å². The summed E-state index contributed by atoms with van der Waals surface area (Å²) < 4.78 is 0.